The van der Waals surface area contributed by atoms with Crippen LogP contribution in [0, 0.1) is 0 Å². The van der Waals surface area contributed by atoms with Gasteiger partial charge in [-0.2, -0.15) is 4.98 Å². The Labute approximate surface area is 50.3 Å². The van der Waals surface area contributed by atoms with Gasteiger partial charge in [-0.15, -0.1) is 0 Å². The van der Waals surface area contributed by atoms with Gasteiger partial charge in [-0.05, 0) is 11.6 Å². The van der Waals surface area contributed by atoms with Crippen LogP contribution in [0.2, 0.25) is 5.28 Å². The second kappa shape index (κ2) is 1.11. The fourth-order valence-corrected chi connectivity index (χ4v) is 0.588. The van der Waals surface area contributed by atoms with Gasteiger partial charge in [0.15, 0.2) is 0 Å². The monoisotopic (exact) mass is 128 g/mol. The van der Waals surface area contributed by atoms with Crippen LogP contribution in [0.25, 0.3) is 0 Å². The molecule has 0 spiro atoms. The standard InChI is InChI=1S/C4HClN2O/c5-4-6-1-2-3(7-4)8-2/h1H. The SMILES string of the molecule is Clc1ncc2c(n1)O2. The van der Waals surface area contributed by atoms with E-state index in [2.05, 4.69) is 9.97 Å². The maximum atomic E-state index is 5.38. The van der Waals surface area contributed by atoms with Crippen molar-refractivity contribution in [1.82, 2.24) is 9.97 Å². The number of fused-ring (bicyclic) bond motifs is 1. The lowest BCUT2D eigenvalue weighted by Crippen LogP contribution is -1.68. The van der Waals surface area contributed by atoms with Crippen molar-refractivity contribution in [2.45, 2.75) is 0 Å². The van der Waals surface area contributed by atoms with Crippen LogP contribution in [0.15, 0.2) is 6.20 Å². The van der Waals surface area contributed by atoms with Crippen molar-refractivity contribution in [3.05, 3.63) is 11.5 Å². The zero-order valence-electron chi connectivity index (χ0n) is 3.76. The van der Waals surface area contributed by atoms with Gasteiger partial charge in [0.2, 0.25) is 11.0 Å². The third-order valence-electron chi connectivity index (χ3n) is 0.858. The minimum atomic E-state index is 0.237. The van der Waals surface area contributed by atoms with Gasteiger partial charge in [-0.3, -0.25) is 0 Å². The highest BCUT2D eigenvalue weighted by atomic mass is 35.5. The quantitative estimate of drug-likeness (QED) is 0.396. The summed E-state index contributed by atoms with van der Waals surface area (Å²) in [5, 5.41) is 0.237. The summed E-state index contributed by atoms with van der Waals surface area (Å²) in [5.41, 5.74) is 0. The molecule has 3 nitrogen and oxygen atoms in total. The minimum absolute atomic E-state index is 0.237. The minimum Gasteiger partial charge on any atom is -0.428 e. The highest BCUT2D eigenvalue weighted by Crippen LogP contribution is 2.41. The Balaban J connectivity index is 2.64. The largest absolute Gasteiger partial charge is 0.428 e. The van der Waals surface area contributed by atoms with E-state index in [4.69, 9.17) is 16.3 Å². The number of halogens is 1. The summed E-state index contributed by atoms with van der Waals surface area (Å²) in [6.07, 6.45) is 1.55. The molecule has 0 unspecified atom stereocenters. The molecule has 1 aliphatic heterocycles. The second-order valence-electron chi connectivity index (χ2n) is 1.41. The van der Waals surface area contributed by atoms with Crippen molar-refractivity contribution >= 4 is 11.6 Å². The fraction of sp³-hybridized carbons (Fsp3) is 0. The summed E-state index contributed by atoms with van der Waals surface area (Å²) >= 11 is 5.38. The highest BCUT2D eigenvalue weighted by Gasteiger charge is 2.22. The van der Waals surface area contributed by atoms with E-state index in [1.54, 1.807) is 6.20 Å². The molecule has 0 radical (unpaired) electrons. The van der Waals surface area contributed by atoms with Crippen molar-refractivity contribution in [1.29, 1.82) is 0 Å². The number of ether oxygens (including phenoxy) is 1. The molecule has 0 aromatic carbocycles. The number of rotatable bonds is 0. The molecule has 0 fully saturated rings. The van der Waals surface area contributed by atoms with Crippen LogP contribution < -0.4 is 4.74 Å². The Hall–Kier alpha value is -0.830. The van der Waals surface area contributed by atoms with Crippen LogP contribution in [0.5, 0.6) is 11.6 Å². The first-order chi connectivity index (χ1) is 3.86. The van der Waals surface area contributed by atoms with Crippen molar-refractivity contribution in [3.8, 4) is 11.6 Å². The van der Waals surface area contributed by atoms with Crippen LogP contribution in [-0.4, -0.2) is 9.97 Å². The zero-order chi connectivity index (χ0) is 5.56. The first kappa shape index (κ1) is 4.09. The Kier molecular flexibility index (Phi) is 0.569. The van der Waals surface area contributed by atoms with E-state index in [0.29, 0.717) is 5.88 Å². The number of hydrogen-bond donors (Lipinski definition) is 0. The van der Waals surface area contributed by atoms with E-state index < -0.39 is 0 Å². The summed E-state index contributed by atoms with van der Waals surface area (Å²) in [5.74, 6) is 1.33. The van der Waals surface area contributed by atoms with Crippen LogP contribution >= 0.6 is 11.6 Å². The molecule has 1 aromatic heterocycles. The molecule has 0 saturated carbocycles. The maximum Gasteiger partial charge on any atom is 0.268 e. The summed E-state index contributed by atoms with van der Waals surface area (Å²) in [6, 6.07) is 0. The molecule has 0 aliphatic carbocycles. The average Bonchev–Trinajstić information content (AvgIpc) is 2.43. The molecule has 0 amide bonds. The van der Waals surface area contributed by atoms with Crippen molar-refractivity contribution in [3.63, 3.8) is 0 Å². The molecule has 0 saturated heterocycles. The number of nitrogens with zero attached hydrogens (tertiary/aromatic N) is 2. The first-order valence-electron chi connectivity index (χ1n) is 2.06. The third kappa shape index (κ3) is 0.448. The summed E-state index contributed by atoms with van der Waals surface area (Å²) in [4.78, 5) is 7.36. The lowest BCUT2D eigenvalue weighted by Gasteiger charge is -1.73. The van der Waals surface area contributed by atoms with E-state index >= 15 is 0 Å². The van der Waals surface area contributed by atoms with Crippen molar-refractivity contribution in [2.24, 2.45) is 0 Å². The van der Waals surface area contributed by atoms with Gasteiger partial charge in [0, 0.05) is 0 Å². The summed E-state index contributed by atoms with van der Waals surface area (Å²) in [6.45, 7) is 0. The second-order valence-corrected chi connectivity index (χ2v) is 1.75. The van der Waals surface area contributed by atoms with Crippen molar-refractivity contribution in [2.75, 3.05) is 0 Å². The Morgan fingerprint density at radius 2 is 2.50 bits per heavy atom. The summed E-state index contributed by atoms with van der Waals surface area (Å²) in [7, 11) is 0. The number of aromatic nitrogens is 2. The molecule has 1 aliphatic rings. The predicted octanol–water partition coefficient (Wildman–Crippen LogP) is 1.24. The van der Waals surface area contributed by atoms with Gasteiger partial charge in [-0.1, -0.05) is 0 Å². The first-order valence-corrected chi connectivity index (χ1v) is 2.44. The molecular weight excluding hydrogens is 128 g/mol. The lowest BCUT2D eigenvalue weighted by atomic mass is 10.7. The van der Waals surface area contributed by atoms with Crippen LogP contribution in [0.3, 0.4) is 0 Å². The van der Waals surface area contributed by atoms with Gasteiger partial charge in [-0.25, -0.2) is 4.98 Å². The smallest absolute Gasteiger partial charge is 0.268 e. The Morgan fingerprint density at radius 3 is 3.12 bits per heavy atom. The molecule has 8 heavy (non-hydrogen) atoms. The highest BCUT2D eigenvalue weighted by molar-refractivity contribution is 6.28. The molecule has 0 atom stereocenters. The maximum absolute atomic E-state index is 5.38. The molecule has 2 rings (SSSR count). The van der Waals surface area contributed by atoms with Crippen LogP contribution in [0.1, 0.15) is 0 Å². The van der Waals surface area contributed by atoms with Crippen LogP contribution in [-0.2, 0) is 0 Å². The molecule has 0 bridgehead atoms. The molecule has 2 heterocycles. The topological polar surface area (TPSA) is 38.3 Å². The molecular formula is C4HClN2O. The van der Waals surface area contributed by atoms with Gasteiger partial charge in [0.05, 0.1) is 6.20 Å². The van der Waals surface area contributed by atoms with Crippen LogP contribution in [0.4, 0.5) is 0 Å². The van der Waals surface area contributed by atoms with E-state index in [1.165, 1.54) is 0 Å². The van der Waals surface area contributed by atoms with E-state index in [1.807, 2.05) is 0 Å². The lowest BCUT2D eigenvalue weighted by molar-refractivity contribution is 0.634. The fourth-order valence-electron chi connectivity index (χ4n) is 0.463. The molecule has 1 aromatic rings. The zero-order valence-corrected chi connectivity index (χ0v) is 4.51. The predicted molar refractivity (Wildman–Crippen MR) is 27.1 cm³/mol. The van der Waals surface area contributed by atoms with Gasteiger partial charge in [0.25, 0.3) is 5.88 Å². The Bertz CT molecular complexity index is 237. The van der Waals surface area contributed by atoms with Gasteiger partial charge < -0.3 is 4.74 Å². The number of hydrogen-bond acceptors (Lipinski definition) is 3. The summed E-state index contributed by atoms with van der Waals surface area (Å²) < 4.78 is 4.76. The van der Waals surface area contributed by atoms with E-state index in [0.717, 1.165) is 5.75 Å². The molecule has 4 heteroatoms. The van der Waals surface area contributed by atoms with Gasteiger partial charge >= 0.3 is 0 Å². The van der Waals surface area contributed by atoms with Crippen molar-refractivity contribution < 1.29 is 4.74 Å². The molecule has 40 valence electrons. The van der Waals surface area contributed by atoms with Gasteiger partial charge in [0.1, 0.15) is 0 Å². The molecule has 0 N–H and O–H groups in total. The Morgan fingerprint density at radius 1 is 1.62 bits per heavy atom. The van der Waals surface area contributed by atoms with E-state index in [-0.39, 0.29) is 5.28 Å². The normalized spacial score (nSPS) is 12.1. The third-order valence-corrected chi connectivity index (χ3v) is 1.04. The average molecular weight is 129 g/mol. The van der Waals surface area contributed by atoms with E-state index in [9.17, 15) is 0 Å².